The number of carbonyl (C=O) groups is 1. The number of hydrogen-bond donors (Lipinski definition) is 3. The number of nitrogen functional groups attached to an aromatic ring is 1. The molecule has 6 heteroatoms. The summed E-state index contributed by atoms with van der Waals surface area (Å²) in [5.74, 6) is -0.664. The molecular weight excluding hydrogens is 247 g/mol. The maximum Gasteiger partial charge on any atom is 0.271 e. The van der Waals surface area contributed by atoms with Crippen molar-refractivity contribution >= 4 is 11.6 Å². The number of hydrogen-bond acceptors (Lipinski definition) is 3. The lowest BCUT2D eigenvalue weighted by molar-refractivity contribution is 0.0935. The molecule has 0 aliphatic rings. The van der Waals surface area contributed by atoms with Crippen molar-refractivity contribution < 1.29 is 9.18 Å². The van der Waals surface area contributed by atoms with Crippen LogP contribution in [0.25, 0.3) is 0 Å². The Morgan fingerprint density at radius 1 is 1.53 bits per heavy atom. The fourth-order valence-electron chi connectivity index (χ4n) is 1.71. The van der Waals surface area contributed by atoms with Crippen LogP contribution in [-0.4, -0.2) is 16.1 Å². The van der Waals surface area contributed by atoms with Gasteiger partial charge in [-0.1, -0.05) is 12.1 Å². The predicted octanol–water partition coefficient (Wildman–Crippen LogP) is 1.93. The first kappa shape index (κ1) is 13.1. The summed E-state index contributed by atoms with van der Waals surface area (Å²) in [6.45, 7) is 3.46. The summed E-state index contributed by atoms with van der Waals surface area (Å²) in [4.78, 5) is 11.9. The molecule has 0 bridgehead atoms. The maximum absolute atomic E-state index is 13.5. The first-order valence-electron chi connectivity index (χ1n) is 5.84. The van der Waals surface area contributed by atoms with Gasteiger partial charge in [-0.25, -0.2) is 4.39 Å². The molecule has 0 spiro atoms. The van der Waals surface area contributed by atoms with Crippen molar-refractivity contribution in [1.29, 1.82) is 0 Å². The summed E-state index contributed by atoms with van der Waals surface area (Å²) in [5, 5.41) is 8.93. The van der Waals surface area contributed by atoms with Crippen LogP contribution in [0.1, 0.15) is 34.6 Å². The summed E-state index contributed by atoms with van der Waals surface area (Å²) < 4.78 is 13.5. The van der Waals surface area contributed by atoms with Crippen molar-refractivity contribution in [3.63, 3.8) is 0 Å². The summed E-state index contributed by atoms with van der Waals surface area (Å²) in [5.41, 5.74) is 7.33. The molecule has 0 saturated carbocycles. The fraction of sp³-hybridized carbons (Fsp3) is 0.231. The van der Waals surface area contributed by atoms with E-state index in [-0.39, 0.29) is 29.1 Å². The van der Waals surface area contributed by atoms with E-state index in [1.54, 1.807) is 26.0 Å². The second kappa shape index (κ2) is 5.09. The van der Waals surface area contributed by atoms with Gasteiger partial charge in [-0.2, -0.15) is 5.10 Å². The molecule has 1 aromatic heterocycles. The van der Waals surface area contributed by atoms with Gasteiger partial charge in [0, 0.05) is 0 Å². The van der Waals surface area contributed by atoms with E-state index in [1.165, 1.54) is 12.3 Å². The quantitative estimate of drug-likeness (QED) is 0.790. The van der Waals surface area contributed by atoms with Gasteiger partial charge in [-0.05, 0) is 31.0 Å². The molecular formula is C13H15FN4O. The number of amides is 1. The van der Waals surface area contributed by atoms with Crippen LogP contribution in [0.15, 0.2) is 24.4 Å². The highest BCUT2D eigenvalue weighted by Crippen LogP contribution is 2.17. The zero-order chi connectivity index (χ0) is 14.0. The number of H-pyrrole nitrogens is 1. The monoisotopic (exact) mass is 262 g/mol. The molecule has 0 aliphatic heterocycles. The standard InChI is InChI=1S/C13H15FN4O/c1-7-3-4-9(5-10(7)14)8(2)17-13(19)12-11(15)6-16-18-12/h3-6,8H,15H2,1-2H3,(H,16,18)(H,17,19). The van der Waals surface area contributed by atoms with E-state index in [2.05, 4.69) is 15.5 Å². The number of halogens is 1. The van der Waals surface area contributed by atoms with Crippen molar-refractivity contribution in [3.05, 3.63) is 47.0 Å². The summed E-state index contributed by atoms with van der Waals surface area (Å²) in [6, 6.07) is 4.54. The molecule has 1 atom stereocenters. The van der Waals surface area contributed by atoms with E-state index >= 15 is 0 Å². The van der Waals surface area contributed by atoms with E-state index in [9.17, 15) is 9.18 Å². The van der Waals surface area contributed by atoms with Gasteiger partial charge in [0.25, 0.3) is 5.91 Å². The number of rotatable bonds is 3. The molecule has 0 aliphatic carbocycles. The molecule has 2 rings (SSSR count). The number of nitrogens with two attached hydrogens (primary N) is 1. The van der Waals surface area contributed by atoms with Crippen LogP contribution in [0.5, 0.6) is 0 Å². The van der Waals surface area contributed by atoms with Gasteiger partial charge in [0.1, 0.15) is 11.5 Å². The van der Waals surface area contributed by atoms with Gasteiger partial charge in [0.05, 0.1) is 17.9 Å². The third-order valence-electron chi connectivity index (χ3n) is 2.94. The SMILES string of the molecule is Cc1ccc(C(C)NC(=O)c2[nH]ncc2N)cc1F. The number of nitrogens with zero attached hydrogens (tertiary/aromatic N) is 1. The molecule has 100 valence electrons. The third-order valence-corrected chi connectivity index (χ3v) is 2.94. The van der Waals surface area contributed by atoms with E-state index in [4.69, 9.17) is 5.73 Å². The zero-order valence-electron chi connectivity index (χ0n) is 10.7. The van der Waals surface area contributed by atoms with Crippen molar-refractivity contribution in [2.24, 2.45) is 0 Å². The van der Waals surface area contributed by atoms with Crippen molar-refractivity contribution in [2.45, 2.75) is 19.9 Å². The van der Waals surface area contributed by atoms with Gasteiger partial charge in [0.15, 0.2) is 0 Å². The molecule has 1 aromatic carbocycles. The highest BCUT2D eigenvalue weighted by molar-refractivity contribution is 5.97. The van der Waals surface area contributed by atoms with Crippen LogP contribution in [0.3, 0.4) is 0 Å². The molecule has 2 aromatic rings. The van der Waals surface area contributed by atoms with Crippen LogP contribution >= 0.6 is 0 Å². The first-order chi connectivity index (χ1) is 8.99. The molecule has 0 saturated heterocycles. The highest BCUT2D eigenvalue weighted by Gasteiger charge is 2.15. The van der Waals surface area contributed by atoms with Crippen molar-refractivity contribution in [3.8, 4) is 0 Å². The summed E-state index contributed by atoms with van der Waals surface area (Å²) in [7, 11) is 0. The third kappa shape index (κ3) is 2.73. The number of carbonyl (C=O) groups excluding carboxylic acids is 1. The Balaban J connectivity index is 2.13. The maximum atomic E-state index is 13.5. The Hall–Kier alpha value is -2.37. The first-order valence-corrected chi connectivity index (χ1v) is 5.84. The van der Waals surface area contributed by atoms with E-state index in [0.29, 0.717) is 11.1 Å². The minimum Gasteiger partial charge on any atom is -0.396 e. The van der Waals surface area contributed by atoms with Gasteiger partial charge >= 0.3 is 0 Å². The van der Waals surface area contributed by atoms with Gasteiger partial charge < -0.3 is 11.1 Å². The Kier molecular flexibility index (Phi) is 3.50. The summed E-state index contributed by atoms with van der Waals surface area (Å²) in [6.07, 6.45) is 1.37. The Bertz CT molecular complexity index is 608. The number of benzene rings is 1. The number of anilines is 1. The van der Waals surface area contributed by atoms with Crippen LogP contribution in [-0.2, 0) is 0 Å². The molecule has 1 unspecified atom stereocenters. The Morgan fingerprint density at radius 3 is 2.84 bits per heavy atom. The molecule has 4 N–H and O–H groups in total. The number of nitrogens with one attached hydrogen (secondary N) is 2. The minimum absolute atomic E-state index is 0.208. The van der Waals surface area contributed by atoms with Crippen LogP contribution in [0, 0.1) is 12.7 Å². The smallest absolute Gasteiger partial charge is 0.271 e. The van der Waals surface area contributed by atoms with Crippen LogP contribution < -0.4 is 11.1 Å². The largest absolute Gasteiger partial charge is 0.396 e. The normalized spacial score (nSPS) is 12.2. The summed E-state index contributed by atoms with van der Waals surface area (Å²) >= 11 is 0. The average molecular weight is 262 g/mol. The zero-order valence-corrected chi connectivity index (χ0v) is 10.7. The second-order valence-electron chi connectivity index (χ2n) is 4.40. The van der Waals surface area contributed by atoms with E-state index < -0.39 is 0 Å². The van der Waals surface area contributed by atoms with Crippen molar-refractivity contribution in [2.75, 3.05) is 5.73 Å². The lowest BCUT2D eigenvalue weighted by Gasteiger charge is -2.14. The fourth-order valence-corrected chi connectivity index (χ4v) is 1.71. The second-order valence-corrected chi connectivity index (χ2v) is 4.40. The molecule has 1 amide bonds. The van der Waals surface area contributed by atoms with Crippen LogP contribution in [0.4, 0.5) is 10.1 Å². The molecule has 0 fully saturated rings. The van der Waals surface area contributed by atoms with Gasteiger partial charge in [-0.3, -0.25) is 9.89 Å². The topological polar surface area (TPSA) is 83.8 Å². The molecule has 5 nitrogen and oxygen atoms in total. The van der Waals surface area contributed by atoms with Crippen molar-refractivity contribution in [1.82, 2.24) is 15.5 Å². The van der Waals surface area contributed by atoms with Gasteiger partial charge in [-0.15, -0.1) is 0 Å². The van der Waals surface area contributed by atoms with E-state index in [1.807, 2.05) is 0 Å². The Morgan fingerprint density at radius 2 is 2.26 bits per heavy atom. The minimum atomic E-state index is -0.372. The number of aryl methyl sites for hydroxylation is 1. The molecule has 19 heavy (non-hydrogen) atoms. The number of aromatic nitrogens is 2. The lowest BCUT2D eigenvalue weighted by atomic mass is 10.1. The van der Waals surface area contributed by atoms with Gasteiger partial charge in [0.2, 0.25) is 0 Å². The molecule has 1 heterocycles. The molecule has 0 radical (unpaired) electrons. The number of aromatic amines is 1. The highest BCUT2D eigenvalue weighted by atomic mass is 19.1. The lowest BCUT2D eigenvalue weighted by Crippen LogP contribution is -2.27. The Labute approximate surface area is 110 Å². The average Bonchev–Trinajstić information content (AvgIpc) is 2.79. The predicted molar refractivity (Wildman–Crippen MR) is 70.0 cm³/mol. The van der Waals surface area contributed by atoms with Crippen LogP contribution in [0.2, 0.25) is 0 Å². The van der Waals surface area contributed by atoms with E-state index in [0.717, 1.165) is 0 Å².